The second-order valence-corrected chi connectivity index (χ2v) is 7.57. The molecule has 1 amide bonds. The molecule has 0 saturated carbocycles. The normalized spacial score (nSPS) is 14.7. The van der Waals surface area contributed by atoms with E-state index in [4.69, 9.17) is 0 Å². The molecule has 0 unspecified atom stereocenters. The molecule has 8 heteroatoms. The number of anilines is 1. The number of thioether (sulfide) groups is 1. The molecule has 2 aromatic rings. The average molecular weight is 377 g/mol. The molecule has 1 aromatic carbocycles. The first kappa shape index (κ1) is 18.7. The van der Waals surface area contributed by atoms with Crippen LogP contribution in [0.3, 0.4) is 0 Å². The average Bonchev–Trinajstić information content (AvgIpc) is 3.26. The molecule has 0 radical (unpaired) electrons. The van der Waals surface area contributed by atoms with Crippen molar-refractivity contribution in [3.63, 3.8) is 0 Å². The topological polar surface area (TPSA) is 84.2 Å². The summed E-state index contributed by atoms with van der Waals surface area (Å²) in [7, 11) is 0. The molecule has 1 aromatic heterocycles. The van der Waals surface area contributed by atoms with E-state index >= 15 is 0 Å². The van der Waals surface area contributed by atoms with Gasteiger partial charge in [-0.05, 0) is 18.6 Å². The molecule has 3 N–H and O–H groups in total. The maximum atomic E-state index is 12.2. The van der Waals surface area contributed by atoms with Crippen LogP contribution in [0.2, 0.25) is 0 Å². The van der Waals surface area contributed by atoms with Crippen molar-refractivity contribution in [2.24, 2.45) is 0 Å². The van der Waals surface area contributed by atoms with Crippen LogP contribution in [0.25, 0.3) is 0 Å². The zero-order chi connectivity index (χ0) is 18.4. The molecular formula is C18H26N5O2S+. The van der Waals surface area contributed by atoms with E-state index in [1.165, 1.54) is 43.3 Å². The number of amides is 1. The lowest BCUT2D eigenvalue weighted by atomic mass is 10.2. The van der Waals surface area contributed by atoms with Crippen LogP contribution in [0.4, 0.5) is 5.69 Å². The van der Waals surface area contributed by atoms with Crippen LogP contribution in [0, 0.1) is 0 Å². The van der Waals surface area contributed by atoms with Crippen molar-refractivity contribution in [2.45, 2.75) is 44.4 Å². The number of aromatic nitrogens is 3. The molecule has 0 spiro atoms. The summed E-state index contributed by atoms with van der Waals surface area (Å²) >= 11 is 1.26. The molecule has 3 rings (SSSR count). The first-order chi connectivity index (χ1) is 12.7. The Morgan fingerprint density at radius 3 is 2.73 bits per heavy atom. The minimum atomic E-state index is -0.231. The van der Waals surface area contributed by atoms with Crippen molar-refractivity contribution in [1.29, 1.82) is 0 Å². The smallest absolute Gasteiger partial charge is 0.331 e. The van der Waals surface area contributed by atoms with Gasteiger partial charge >= 0.3 is 5.69 Å². The van der Waals surface area contributed by atoms with Crippen molar-refractivity contribution in [3.05, 3.63) is 40.3 Å². The maximum absolute atomic E-state index is 12.2. The Bertz CT molecular complexity index is 778. The molecule has 1 aliphatic rings. The third-order valence-electron chi connectivity index (χ3n) is 4.51. The lowest BCUT2D eigenvalue weighted by Crippen LogP contribution is -3.08. The van der Waals surface area contributed by atoms with Gasteiger partial charge in [0, 0.05) is 30.6 Å². The zero-order valence-electron chi connectivity index (χ0n) is 15.1. The molecule has 0 atom stereocenters. The summed E-state index contributed by atoms with van der Waals surface area (Å²) in [6, 6.07) is 8.07. The fraction of sp³-hybridized carbons (Fsp3) is 0.500. The molecule has 2 heterocycles. The number of carbonyl (C=O) groups is 1. The summed E-state index contributed by atoms with van der Waals surface area (Å²) in [4.78, 5) is 25.4. The van der Waals surface area contributed by atoms with Gasteiger partial charge in [0.2, 0.25) is 5.91 Å². The number of H-pyrrole nitrogens is 1. The molecule has 26 heavy (non-hydrogen) atoms. The number of rotatable bonds is 8. The summed E-state index contributed by atoms with van der Waals surface area (Å²) in [5, 5.41) is 9.87. The fourth-order valence-electron chi connectivity index (χ4n) is 3.21. The second kappa shape index (κ2) is 9.05. The molecule has 1 aliphatic heterocycles. The first-order valence-electron chi connectivity index (χ1n) is 9.16. The quantitative estimate of drug-likeness (QED) is 0.598. The molecule has 7 nitrogen and oxygen atoms in total. The predicted octanol–water partition coefficient (Wildman–Crippen LogP) is 0.891. The number of benzene rings is 1. The Morgan fingerprint density at radius 2 is 2.04 bits per heavy atom. The maximum Gasteiger partial charge on any atom is 0.343 e. The number of quaternary nitrogens is 1. The molecule has 0 bridgehead atoms. The van der Waals surface area contributed by atoms with Crippen molar-refractivity contribution in [3.8, 4) is 0 Å². The summed E-state index contributed by atoms with van der Waals surface area (Å²) in [6.07, 6.45) is 3.48. The van der Waals surface area contributed by atoms with Crippen LogP contribution in [-0.2, 0) is 17.9 Å². The minimum Gasteiger partial charge on any atom is -0.331 e. The number of aromatic amines is 1. The van der Waals surface area contributed by atoms with Gasteiger partial charge in [0.05, 0.1) is 18.8 Å². The fourth-order valence-corrected chi connectivity index (χ4v) is 3.98. The summed E-state index contributed by atoms with van der Waals surface area (Å²) in [5.41, 5.74) is 1.86. The van der Waals surface area contributed by atoms with E-state index in [-0.39, 0.29) is 17.3 Å². The Hall–Kier alpha value is -2.06. The van der Waals surface area contributed by atoms with E-state index < -0.39 is 0 Å². The van der Waals surface area contributed by atoms with Crippen molar-refractivity contribution in [2.75, 3.05) is 24.2 Å². The third-order valence-corrected chi connectivity index (χ3v) is 5.48. The van der Waals surface area contributed by atoms with Gasteiger partial charge in [-0.3, -0.25) is 9.36 Å². The van der Waals surface area contributed by atoms with Crippen molar-refractivity contribution >= 4 is 23.4 Å². The van der Waals surface area contributed by atoms with Crippen molar-refractivity contribution < 1.29 is 9.69 Å². The predicted molar refractivity (Wildman–Crippen MR) is 103 cm³/mol. The molecule has 0 aliphatic carbocycles. The zero-order valence-corrected chi connectivity index (χ0v) is 15.9. The Labute approximate surface area is 157 Å². The van der Waals surface area contributed by atoms with Gasteiger partial charge in [-0.2, -0.15) is 0 Å². The standard InChI is InChI=1S/C18H25N5O2S/c1-2-9-23-17(25)20-21-18(23)26-13-16(24)19-15-7-5-14(6-8-15)12-22-10-3-4-11-22/h5-8H,2-4,9-13H2,1H3,(H,19,24)(H,20,25)/p+1. The first-order valence-corrected chi connectivity index (χ1v) is 10.1. The van der Waals surface area contributed by atoms with Crippen LogP contribution >= 0.6 is 11.8 Å². The number of nitrogens with zero attached hydrogens (tertiary/aromatic N) is 2. The largest absolute Gasteiger partial charge is 0.343 e. The highest BCUT2D eigenvalue weighted by atomic mass is 32.2. The van der Waals surface area contributed by atoms with Crippen LogP contribution in [0.15, 0.2) is 34.2 Å². The van der Waals surface area contributed by atoms with Gasteiger partial charge < -0.3 is 10.2 Å². The lowest BCUT2D eigenvalue weighted by Gasteiger charge is -2.12. The Kier molecular flexibility index (Phi) is 6.51. The molecule has 1 fully saturated rings. The third kappa shape index (κ3) is 4.98. The van der Waals surface area contributed by atoms with Crippen LogP contribution in [0.1, 0.15) is 31.7 Å². The number of likely N-dealkylation sites (tertiary alicyclic amines) is 1. The van der Waals surface area contributed by atoms with Gasteiger partial charge in [-0.15, -0.1) is 5.10 Å². The Morgan fingerprint density at radius 1 is 1.31 bits per heavy atom. The minimum absolute atomic E-state index is 0.105. The highest BCUT2D eigenvalue weighted by Gasteiger charge is 2.15. The SMILES string of the molecule is CCCn1c(SCC(=O)Nc2ccc(C[NH+]3CCCC3)cc2)n[nH]c1=O. The summed E-state index contributed by atoms with van der Waals surface area (Å²) in [6.45, 7) is 6.16. The van der Waals surface area contributed by atoms with Gasteiger partial charge in [0.1, 0.15) is 6.54 Å². The molecule has 140 valence electrons. The van der Waals surface area contributed by atoms with E-state index in [2.05, 4.69) is 27.6 Å². The van der Waals surface area contributed by atoms with Gasteiger partial charge in [-0.1, -0.05) is 30.8 Å². The number of nitrogens with one attached hydrogen (secondary N) is 3. The van der Waals surface area contributed by atoms with Gasteiger partial charge in [-0.25, -0.2) is 9.89 Å². The molecule has 1 saturated heterocycles. The Balaban J connectivity index is 1.49. The number of carbonyl (C=O) groups excluding carboxylic acids is 1. The lowest BCUT2D eigenvalue weighted by molar-refractivity contribution is -0.901. The van der Waals surface area contributed by atoms with E-state index in [9.17, 15) is 9.59 Å². The van der Waals surface area contributed by atoms with E-state index in [0.717, 1.165) is 18.7 Å². The van der Waals surface area contributed by atoms with Crippen molar-refractivity contribution in [1.82, 2.24) is 14.8 Å². The van der Waals surface area contributed by atoms with Crippen LogP contribution in [0.5, 0.6) is 0 Å². The highest BCUT2D eigenvalue weighted by molar-refractivity contribution is 7.99. The highest BCUT2D eigenvalue weighted by Crippen LogP contribution is 2.15. The van der Waals surface area contributed by atoms with Crippen LogP contribution < -0.4 is 15.9 Å². The number of hydrogen-bond donors (Lipinski definition) is 3. The summed E-state index contributed by atoms with van der Waals surface area (Å²) in [5.74, 6) is 0.111. The molecular weight excluding hydrogens is 350 g/mol. The summed E-state index contributed by atoms with van der Waals surface area (Å²) < 4.78 is 1.56. The van der Waals surface area contributed by atoms with Gasteiger partial charge in [0.15, 0.2) is 5.16 Å². The second-order valence-electron chi connectivity index (χ2n) is 6.63. The van der Waals surface area contributed by atoms with E-state index in [0.29, 0.717) is 11.7 Å². The van der Waals surface area contributed by atoms with Gasteiger partial charge in [0.25, 0.3) is 0 Å². The van der Waals surface area contributed by atoms with E-state index in [1.807, 2.05) is 19.1 Å². The van der Waals surface area contributed by atoms with E-state index in [1.54, 1.807) is 9.47 Å². The monoisotopic (exact) mass is 376 g/mol. The number of hydrogen-bond acceptors (Lipinski definition) is 4. The van der Waals surface area contributed by atoms with Crippen LogP contribution in [-0.4, -0.2) is 39.5 Å².